The molecule has 0 aromatic carbocycles. The van der Waals surface area contributed by atoms with Gasteiger partial charge in [-0.2, -0.15) is 0 Å². The molecule has 1 aliphatic heterocycles. The van der Waals surface area contributed by atoms with Gasteiger partial charge in [-0.05, 0) is 19.4 Å². The minimum atomic E-state index is 0. The van der Waals surface area contributed by atoms with Crippen molar-refractivity contribution in [3.63, 3.8) is 0 Å². The van der Waals surface area contributed by atoms with E-state index >= 15 is 0 Å². The van der Waals surface area contributed by atoms with Gasteiger partial charge in [-0.3, -0.25) is 0 Å². The lowest BCUT2D eigenvalue weighted by Gasteiger charge is -2.32. The summed E-state index contributed by atoms with van der Waals surface area (Å²) in [4.78, 5) is 2.55. The zero-order valence-corrected chi connectivity index (χ0v) is 6.69. The van der Waals surface area contributed by atoms with Gasteiger partial charge in [0, 0.05) is 26.6 Å². The molecule has 10 heavy (non-hydrogen) atoms. The van der Waals surface area contributed by atoms with Gasteiger partial charge in [0.1, 0.15) is 0 Å². The molecule has 2 heteroatoms. The monoisotopic (exact) mass is 142 g/mol. The maximum absolute atomic E-state index is 3.59. The predicted octanol–water partition coefficient (Wildman–Crippen LogP) is 0.690. The number of hydrogen-bond donors (Lipinski definition) is 1. The first-order chi connectivity index (χ1) is 4.85. The second-order valence-corrected chi connectivity index (χ2v) is 3.58. The zero-order valence-electron chi connectivity index (χ0n) is 6.69. The van der Waals surface area contributed by atoms with Crippen LogP contribution in [0.1, 0.15) is 21.2 Å². The van der Waals surface area contributed by atoms with Crippen LogP contribution in [0.15, 0.2) is 0 Å². The van der Waals surface area contributed by atoms with Gasteiger partial charge in [0.15, 0.2) is 0 Å². The topological polar surface area (TPSA) is 15.3 Å². The van der Waals surface area contributed by atoms with Gasteiger partial charge in [0.2, 0.25) is 0 Å². The normalized spacial score (nSPS) is 30.9. The van der Waals surface area contributed by atoms with E-state index in [0.29, 0.717) is 5.54 Å². The molecule has 1 saturated carbocycles. The van der Waals surface area contributed by atoms with Crippen LogP contribution in [0.5, 0.6) is 0 Å². The standard InChI is InChI=1S/C8H16N2.H2/c1-2-10-6-5-9-8(7-10)3-4-8;/h9H,2-7H2,1H3;1H. The highest BCUT2D eigenvalue weighted by atomic mass is 15.2. The number of likely N-dealkylation sites (N-methyl/N-ethyl adjacent to an activating group) is 1. The molecule has 0 radical (unpaired) electrons. The molecule has 0 amide bonds. The third kappa shape index (κ3) is 1.06. The lowest BCUT2D eigenvalue weighted by molar-refractivity contribution is 0.198. The van der Waals surface area contributed by atoms with Crippen LogP contribution in [-0.2, 0) is 0 Å². The molecule has 1 N–H and O–H groups in total. The first-order valence-electron chi connectivity index (χ1n) is 4.32. The van der Waals surface area contributed by atoms with Gasteiger partial charge in [-0.1, -0.05) is 6.92 Å². The summed E-state index contributed by atoms with van der Waals surface area (Å²) in [5.74, 6) is 0. The number of nitrogens with one attached hydrogen (secondary N) is 1. The lowest BCUT2D eigenvalue weighted by atomic mass is 10.2. The van der Waals surface area contributed by atoms with E-state index in [2.05, 4.69) is 17.1 Å². The number of nitrogens with zero attached hydrogens (tertiary/aromatic N) is 1. The predicted molar refractivity (Wildman–Crippen MR) is 44.2 cm³/mol. The third-order valence-electron chi connectivity index (χ3n) is 2.76. The molecule has 0 unspecified atom stereocenters. The Morgan fingerprint density at radius 2 is 2.40 bits per heavy atom. The Hall–Kier alpha value is -0.0800. The summed E-state index contributed by atoms with van der Waals surface area (Å²) in [5, 5.41) is 3.59. The fourth-order valence-corrected chi connectivity index (χ4v) is 1.80. The van der Waals surface area contributed by atoms with E-state index in [1.807, 2.05) is 0 Å². The number of piperazine rings is 1. The van der Waals surface area contributed by atoms with Gasteiger partial charge in [-0.15, -0.1) is 0 Å². The maximum atomic E-state index is 3.59. The Balaban J connectivity index is 0.000000605. The van der Waals surface area contributed by atoms with Crippen molar-refractivity contribution in [2.75, 3.05) is 26.2 Å². The van der Waals surface area contributed by atoms with Crippen LogP contribution in [0.25, 0.3) is 0 Å². The van der Waals surface area contributed by atoms with Crippen LogP contribution in [0.2, 0.25) is 0 Å². The highest BCUT2D eigenvalue weighted by Gasteiger charge is 2.44. The summed E-state index contributed by atoms with van der Waals surface area (Å²) in [6.45, 7) is 7.22. The molecule has 0 atom stereocenters. The summed E-state index contributed by atoms with van der Waals surface area (Å²) < 4.78 is 0. The van der Waals surface area contributed by atoms with Crippen LogP contribution in [0.4, 0.5) is 0 Å². The summed E-state index contributed by atoms with van der Waals surface area (Å²) >= 11 is 0. The van der Waals surface area contributed by atoms with Crippen molar-refractivity contribution in [3.05, 3.63) is 0 Å². The van der Waals surface area contributed by atoms with Crippen LogP contribution >= 0.6 is 0 Å². The van der Waals surface area contributed by atoms with E-state index in [-0.39, 0.29) is 1.43 Å². The Morgan fingerprint density at radius 3 is 3.00 bits per heavy atom. The molecule has 2 aliphatic rings. The summed E-state index contributed by atoms with van der Waals surface area (Å²) in [6.07, 6.45) is 2.81. The van der Waals surface area contributed by atoms with E-state index in [9.17, 15) is 0 Å². The molecule has 0 aromatic heterocycles. The van der Waals surface area contributed by atoms with Gasteiger partial charge in [-0.25, -0.2) is 0 Å². The van der Waals surface area contributed by atoms with Crippen LogP contribution in [-0.4, -0.2) is 36.6 Å². The zero-order chi connectivity index (χ0) is 7.03. The van der Waals surface area contributed by atoms with E-state index in [1.54, 1.807) is 0 Å². The Bertz CT molecular complexity index is 134. The third-order valence-corrected chi connectivity index (χ3v) is 2.76. The van der Waals surface area contributed by atoms with Gasteiger partial charge >= 0.3 is 0 Å². The highest BCUT2D eigenvalue weighted by Crippen LogP contribution is 2.37. The first kappa shape index (κ1) is 6.62. The van der Waals surface area contributed by atoms with Crippen LogP contribution in [0.3, 0.4) is 0 Å². The van der Waals surface area contributed by atoms with Crippen molar-refractivity contribution in [2.45, 2.75) is 25.3 Å². The van der Waals surface area contributed by atoms with Crippen molar-refractivity contribution in [1.82, 2.24) is 10.2 Å². The average Bonchev–Trinajstić information content (AvgIpc) is 2.70. The summed E-state index contributed by atoms with van der Waals surface area (Å²) in [7, 11) is 0. The second kappa shape index (κ2) is 2.21. The molecule has 2 nitrogen and oxygen atoms in total. The second-order valence-electron chi connectivity index (χ2n) is 3.58. The molecular formula is C8H18N2. The van der Waals surface area contributed by atoms with Crippen molar-refractivity contribution >= 4 is 0 Å². The van der Waals surface area contributed by atoms with Gasteiger partial charge < -0.3 is 10.2 Å². The Labute approximate surface area is 64.1 Å². The number of rotatable bonds is 1. The first-order valence-corrected chi connectivity index (χ1v) is 4.32. The fourth-order valence-electron chi connectivity index (χ4n) is 1.80. The number of hydrogen-bond acceptors (Lipinski definition) is 2. The highest BCUT2D eigenvalue weighted by molar-refractivity contribution is 5.06. The van der Waals surface area contributed by atoms with Crippen molar-refractivity contribution in [2.24, 2.45) is 0 Å². The minimum absolute atomic E-state index is 0. The maximum Gasteiger partial charge on any atom is 0.0310 e. The molecular weight excluding hydrogens is 124 g/mol. The van der Waals surface area contributed by atoms with Gasteiger partial charge in [0.05, 0.1) is 0 Å². The van der Waals surface area contributed by atoms with Crippen LogP contribution in [0, 0.1) is 0 Å². The molecule has 2 rings (SSSR count). The largest absolute Gasteiger partial charge is 0.309 e. The van der Waals surface area contributed by atoms with Gasteiger partial charge in [0.25, 0.3) is 0 Å². The van der Waals surface area contributed by atoms with Crippen molar-refractivity contribution < 1.29 is 1.43 Å². The van der Waals surface area contributed by atoms with Crippen molar-refractivity contribution in [1.29, 1.82) is 0 Å². The molecule has 1 saturated heterocycles. The van der Waals surface area contributed by atoms with E-state index in [0.717, 1.165) is 0 Å². The smallest absolute Gasteiger partial charge is 0.0310 e. The van der Waals surface area contributed by atoms with Crippen LogP contribution < -0.4 is 5.32 Å². The van der Waals surface area contributed by atoms with Crippen molar-refractivity contribution in [3.8, 4) is 0 Å². The Morgan fingerprint density at radius 1 is 1.60 bits per heavy atom. The Kier molecular flexibility index (Phi) is 1.46. The van der Waals surface area contributed by atoms with E-state index < -0.39 is 0 Å². The SMILES string of the molecule is CCN1CCNC2(CC2)C1.[HH]. The molecule has 1 aliphatic carbocycles. The quantitative estimate of drug-likeness (QED) is 0.579. The summed E-state index contributed by atoms with van der Waals surface area (Å²) in [5.41, 5.74) is 0.578. The molecule has 0 bridgehead atoms. The molecule has 1 heterocycles. The molecule has 1 spiro atoms. The molecule has 60 valence electrons. The molecule has 2 fully saturated rings. The average molecular weight is 142 g/mol. The summed E-state index contributed by atoms with van der Waals surface area (Å²) in [6, 6.07) is 0. The van der Waals surface area contributed by atoms with E-state index in [1.165, 1.54) is 39.0 Å². The van der Waals surface area contributed by atoms with E-state index in [4.69, 9.17) is 0 Å². The molecule has 0 aromatic rings. The minimum Gasteiger partial charge on any atom is -0.309 e. The fraction of sp³-hybridized carbons (Fsp3) is 1.00. The lowest BCUT2D eigenvalue weighted by Crippen LogP contribution is -2.52.